The molecule has 0 bridgehead atoms. The smallest absolute Gasteiger partial charge is 0.126 e. The molecule has 0 saturated carbocycles. The van der Waals surface area contributed by atoms with E-state index in [0.29, 0.717) is 13.0 Å². The van der Waals surface area contributed by atoms with E-state index in [0.717, 1.165) is 12.0 Å². The van der Waals surface area contributed by atoms with Crippen molar-refractivity contribution in [2.24, 2.45) is 5.73 Å². The van der Waals surface area contributed by atoms with Gasteiger partial charge in [-0.1, -0.05) is 19.1 Å². The Balaban J connectivity index is 2.91. The molecule has 2 heteroatoms. The van der Waals surface area contributed by atoms with Gasteiger partial charge in [-0.3, -0.25) is 0 Å². The van der Waals surface area contributed by atoms with Gasteiger partial charge in [0, 0.05) is 0 Å². The molecule has 0 unspecified atom stereocenters. The van der Waals surface area contributed by atoms with E-state index in [1.54, 1.807) is 0 Å². The average molecular weight is 167 g/mol. The lowest BCUT2D eigenvalue weighted by Crippen LogP contribution is -2.04. The van der Waals surface area contributed by atoms with Crippen molar-refractivity contribution < 1.29 is 4.39 Å². The minimum atomic E-state index is -0.141. The molecule has 0 aliphatic rings. The van der Waals surface area contributed by atoms with Crippen LogP contribution >= 0.6 is 0 Å². The van der Waals surface area contributed by atoms with Gasteiger partial charge < -0.3 is 5.73 Å². The first kappa shape index (κ1) is 9.20. The van der Waals surface area contributed by atoms with Crippen LogP contribution in [0, 0.1) is 5.82 Å². The van der Waals surface area contributed by atoms with Crippen molar-refractivity contribution in [3.8, 4) is 0 Å². The number of hydrogen-bond acceptors (Lipinski definition) is 1. The molecule has 1 rings (SSSR count). The summed E-state index contributed by atoms with van der Waals surface area (Å²) in [6, 6.07) is 5.22. The van der Waals surface area contributed by atoms with E-state index in [2.05, 4.69) is 6.92 Å². The molecule has 0 saturated heterocycles. The third-order valence-corrected chi connectivity index (χ3v) is 1.93. The van der Waals surface area contributed by atoms with E-state index in [1.807, 2.05) is 12.1 Å². The number of aryl methyl sites for hydroxylation is 1. The molecule has 0 spiro atoms. The molecule has 1 aromatic carbocycles. The van der Waals surface area contributed by atoms with Crippen LogP contribution in [0.4, 0.5) is 4.39 Å². The first-order valence-corrected chi connectivity index (χ1v) is 4.25. The molecule has 1 nitrogen and oxygen atoms in total. The summed E-state index contributed by atoms with van der Waals surface area (Å²) in [5, 5.41) is 0. The summed E-state index contributed by atoms with van der Waals surface area (Å²) >= 11 is 0. The lowest BCUT2D eigenvalue weighted by atomic mass is 10.1. The lowest BCUT2D eigenvalue weighted by molar-refractivity contribution is 0.608. The number of halogens is 1. The predicted octanol–water partition coefficient (Wildman–Crippen LogP) is 1.89. The van der Waals surface area contributed by atoms with Crippen molar-refractivity contribution in [1.29, 1.82) is 0 Å². The van der Waals surface area contributed by atoms with Gasteiger partial charge in [0.2, 0.25) is 0 Å². The van der Waals surface area contributed by atoms with Gasteiger partial charge in [0.15, 0.2) is 0 Å². The third kappa shape index (κ3) is 2.05. The maximum absolute atomic E-state index is 13.0. The Hall–Kier alpha value is -0.890. The summed E-state index contributed by atoms with van der Waals surface area (Å²) in [6.45, 7) is 2.56. The maximum Gasteiger partial charge on any atom is 0.126 e. The normalized spacial score (nSPS) is 10.2. The zero-order valence-corrected chi connectivity index (χ0v) is 7.31. The van der Waals surface area contributed by atoms with Gasteiger partial charge in [-0.15, -0.1) is 0 Å². The van der Waals surface area contributed by atoms with Crippen molar-refractivity contribution in [2.45, 2.75) is 19.8 Å². The summed E-state index contributed by atoms with van der Waals surface area (Å²) in [5.74, 6) is -0.141. The molecule has 0 fully saturated rings. The fraction of sp³-hybridized carbons (Fsp3) is 0.400. The monoisotopic (exact) mass is 167 g/mol. The Morgan fingerprint density at radius 1 is 1.42 bits per heavy atom. The number of rotatable bonds is 3. The van der Waals surface area contributed by atoms with Gasteiger partial charge in [-0.25, -0.2) is 4.39 Å². The zero-order valence-electron chi connectivity index (χ0n) is 7.31. The predicted molar refractivity (Wildman–Crippen MR) is 48.5 cm³/mol. The summed E-state index contributed by atoms with van der Waals surface area (Å²) in [5.41, 5.74) is 7.25. The van der Waals surface area contributed by atoms with Gasteiger partial charge in [-0.2, -0.15) is 0 Å². The highest BCUT2D eigenvalue weighted by Crippen LogP contribution is 2.11. The van der Waals surface area contributed by atoms with Crippen molar-refractivity contribution in [1.82, 2.24) is 0 Å². The first-order valence-electron chi connectivity index (χ1n) is 4.25. The van der Waals surface area contributed by atoms with Gasteiger partial charge in [0.25, 0.3) is 0 Å². The SMILES string of the molecule is CCc1ccc(F)c(CCN)c1. The standard InChI is InChI=1S/C10H14FN/c1-2-8-3-4-10(11)9(7-8)5-6-12/h3-4,7H,2,5-6,12H2,1H3. The maximum atomic E-state index is 13.0. The fourth-order valence-corrected chi connectivity index (χ4v) is 1.20. The van der Waals surface area contributed by atoms with Gasteiger partial charge >= 0.3 is 0 Å². The van der Waals surface area contributed by atoms with Gasteiger partial charge in [0.1, 0.15) is 5.82 Å². The largest absolute Gasteiger partial charge is 0.330 e. The molecule has 0 atom stereocenters. The van der Waals surface area contributed by atoms with E-state index in [-0.39, 0.29) is 5.82 Å². The second kappa shape index (κ2) is 4.21. The second-order valence-corrected chi connectivity index (χ2v) is 2.82. The van der Waals surface area contributed by atoms with Crippen LogP contribution < -0.4 is 5.73 Å². The minimum Gasteiger partial charge on any atom is -0.330 e. The average Bonchev–Trinajstić information content (AvgIpc) is 2.09. The van der Waals surface area contributed by atoms with Crippen LogP contribution in [-0.4, -0.2) is 6.54 Å². The summed E-state index contributed by atoms with van der Waals surface area (Å²) < 4.78 is 13.0. The van der Waals surface area contributed by atoms with Gasteiger partial charge in [-0.05, 0) is 36.6 Å². The van der Waals surface area contributed by atoms with Crippen molar-refractivity contribution >= 4 is 0 Å². The molecule has 1 aromatic rings. The van der Waals surface area contributed by atoms with Crippen LogP contribution in [0.15, 0.2) is 18.2 Å². The molecule has 2 N–H and O–H groups in total. The zero-order chi connectivity index (χ0) is 8.97. The fourth-order valence-electron chi connectivity index (χ4n) is 1.20. The van der Waals surface area contributed by atoms with E-state index >= 15 is 0 Å². The first-order chi connectivity index (χ1) is 5.77. The van der Waals surface area contributed by atoms with Crippen LogP contribution in [0.2, 0.25) is 0 Å². The van der Waals surface area contributed by atoms with Crippen molar-refractivity contribution in [3.63, 3.8) is 0 Å². The Morgan fingerprint density at radius 3 is 2.75 bits per heavy atom. The summed E-state index contributed by atoms with van der Waals surface area (Å²) in [7, 11) is 0. The highest BCUT2D eigenvalue weighted by Gasteiger charge is 2.00. The molecular weight excluding hydrogens is 153 g/mol. The van der Waals surface area contributed by atoms with Crippen LogP contribution in [0.5, 0.6) is 0 Å². The Bertz CT molecular complexity index is 258. The molecule has 0 aromatic heterocycles. The Kier molecular flexibility index (Phi) is 3.23. The van der Waals surface area contributed by atoms with Crippen LogP contribution in [-0.2, 0) is 12.8 Å². The second-order valence-electron chi connectivity index (χ2n) is 2.82. The Labute approximate surface area is 72.4 Å². The topological polar surface area (TPSA) is 26.0 Å². The quantitative estimate of drug-likeness (QED) is 0.731. The molecular formula is C10H14FN. The third-order valence-electron chi connectivity index (χ3n) is 1.93. The van der Waals surface area contributed by atoms with E-state index in [9.17, 15) is 4.39 Å². The number of hydrogen-bond donors (Lipinski definition) is 1. The molecule has 0 amide bonds. The lowest BCUT2D eigenvalue weighted by Gasteiger charge is -2.03. The molecule has 12 heavy (non-hydrogen) atoms. The van der Waals surface area contributed by atoms with Crippen molar-refractivity contribution in [2.75, 3.05) is 6.54 Å². The Morgan fingerprint density at radius 2 is 2.17 bits per heavy atom. The minimum absolute atomic E-state index is 0.141. The summed E-state index contributed by atoms with van der Waals surface area (Å²) in [4.78, 5) is 0. The van der Waals surface area contributed by atoms with Crippen LogP contribution in [0.1, 0.15) is 18.1 Å². The van der Waals surface area contributed by atoms with Gasteiger partial charge in [0.05, 0.1) is 0 Å². The highest BCUT2D eigenvalue weighted by molar-refractivity contribution is 5.25. The van der Waals surface area contributed by atoms with E-state index in [1.165, 1.54) is 11.6 Å². The van der Waals surface area contributed by atoms with E-state index < -0.39 is 0 Å². The van der Waals surface area contributed by atoms with Crippen molar-refractivity contribution in [3.05, 3.63) is 35.1 Å². The summed E-state index contributed by atoms with van der Waals surface area (Å²) in [6.07, 6.45) is 1.57. The number of nitrogens with two attached hydrogens (primary N) is 1. The molecule has 66 valence electrons. The molecule has 0 radical (unpaired) electrons. The molecule has 0 aliphatic heterocycles. The van der Waals surface area contributed by atoms with E-state index in [4.69, 9.17) is 5.73 Å². The molecule has 0 heterocycles. The van der Waals surface area contributed by atoms with Crippen LogP contribution in [0.3, 0.4) is 0 Å². The highest BCUT2D eigenvalue weighted by atomic mass is 19.1. The van der Waals surface area contributed by atoms with Crippen LogP contribution in [0.25, 0.3) is 0 Å². The molecule has 0 aliphatic carbocycles. The number of benzene rings is 1.